The van der Waals surface area contributed by atoms with Crippen molar-refractivity contribution in [3.8, 4) is 0 Å². The topological polar surface area (TPSA) is 70.1 Å². The van der Waals surface area contributed by atoms with Crippen LogP contribution in [0, 0.1) is 0 Å². The van der Waals surface area contributed by atoms with Crippen molar-refractivity contribution in [2.24, 2.45) is 0 Å². The Hall–Kier alpha value is -1.14. The Labute approximate surface area is 274 Å². The Kier molecular flexibility index (Phi) is 32.4. The van der Waals surface area contributed by atoms with Crippen molar-refractivity contribution in [3.63, 3.8) is 0 Å². The zero-order chi connectivity index (χ0) is 32.5. The maximum atomic E-state index is 12.7. The van der Waals surface area contributed by atoms with Crippen LogP contribution in [0.15, 0.2) is 0 Å². The van der Waals surface area contributed by atoms with Crippen LogP contribution in [0.25, 0.3) is 0 Å². The molecule has 0 fully saturated rings. The Morgan fingerprint density at radius 1 is 0.523 bits per heavy atom. The monoisotopic (exact) mass is 625 g/mol. The van der Waals surface area contributed by atoms with Gasteiger partial charge in [-0.2, -0.15) is 0 Å². The summed E-state index contributed by atoms with van der Waals surface area (Å²) in [5, 5.41) is 10.5. The Bertz CT molecular complexity index is 614. The third-order valence-electron chi connectivity index (χ3n) is 8.95. The highest BCUT2D eigenvalue weighted by atomic mass is 16.5. The third kappa shape index (κ3) is 29.6. The molecule has 0 rings (SSSR count). The van der Waals surface area contributed by atoms with Gasteiger partial charge >= 0.3 is 5.97 Å². The second kappa shape index (κ2) is 33.2. The van der Waals surface area contributed by atoms with E-state index in [1.54, 1.807) is 0 Å². The fourth-order valence-corrected chi connectivity index (χ4v) is 6.00. The van der Waals surface area contributed by atoms with Gasteiger partial charge in [0.2, 0.25) is 5.91 Å². The number of hydrogen-bond acceptors (Lipinski definition) is 5. The molecule has 0 aliphatic rings. The van der Waals surface area contributed by atoms with Gasteiger partial charge in [0.25, 0.3) is 0 Å². The first-order valence-corrected chi connectivity index (χ1v) is 19.3. The minimum atomic E-state index is -0.289. The highest BCUT2D eigenvalue weighted by Gasteiger charge is 2.14. The summed E-state index contributed by atoms with van der Waals surface area (Å²) in [6, 6.07) is 0. The zero-order valence-electron chi connectivity index (χ0n) is 30.1. The number of hydrogen-bond donors (Lipinski definition) is 1. The van der Waals surface area contributed by atoms with Crippen molar-refractivity contribution >= 4 is 11.9 Å². The molecule has 0 radical (unpaired) electrons. The molecular weight excluding hydrogens is 548 g/mol. The summed E-state index contributed by atoms with van der Waals surface area (Å²) < 4.78 is 6.01. The first kappa shape index (κ1) is 42.9. The number of carbonyl (C=O) groups is 2. The van der Waals surface area contributed by atoms with E-state index in [9.17, 15) is 14.8 Å². The number of rotatable bonds is 34. The molecule has 0 unspecified atom stereocenters. The maximum Gasteiger partial charge on any atom is 0.306 e. The van der Waals surface area contributed by atoms with E-state index in [0.717, 1.165) is 69.6 Å². The Balaban J connectivity index is 4.29. The molecule has 1 amide bonds. The first-order chi connectivity index (χ1) is 21.4. The van der Waals surface area contributed by atoms with Gasteiger partial charge in [-0.1, -0.05) is 136 Å². The fourth-order valence-electron chi connectivity index (χ4n) is 6.00. The smallest absolute Gasteiger partial charge is 0.306 e. The lowest BCUT2D eigenvalue weighted by Crippen LogP contribution is -2.32. The summed E-state index contributed by atoms with van der Waals surface area (Å²) in [6.45, 7) is 11.7. The number of amides is 1. The van der Waals surface area contributed by atoms with Crippen LogP contribution in [0.5, 0.6) is 0 Å². The van der Waals surface area contributed by atoms with Crippen LogP contribution in [-0.2, 0) is 14.3 Å². The van der Waals surface area contributed by atoms with Crippen LogP contribution >= 0.6 is 0 Å². The number of carbonyl (C=O) groups excluding carboxylic acids is 2. The molecule has 0 aromatic heterocycles. The minimum absolute atomic E-state index is 0.0144. The molecule has 0 spiro atoms. The second-order valence-corrected chi connectivity index (χ2v) is 13.3. The molecular formula is C38H76N2O4. The number of esters is 1. The Morgan fingerprint density at radius 3 is 1.36 bits per heavy atom. The van der Waals surface area contributed by atoms with Crippen LogP contribution in [0.2, 0.25) is 0 Å². The number of nitrogens with zero attached hydrogens (tertiary/aromatic N) is 2. The van der Waals surface area contributed by atoms with Gasteiger partial charge in [0.05, 0.1) is 0 Å². The standard InChI is InChI=1S/C38H76N2O4/c1-5-8-11-14-18-23-29-37(30-24-19-15-12-9-6-2)44-38(42)31-25-20-17-22-27-33-39(32-26-21-16-13-10-7-3)34-28-35-40(43)36(4)41/h37,43H,5-35H2,1-4H3. The van der Waals surface area contributed by atoms with Gasteiger partial charge in [0, 0.05) is 19.9 Å². The van der Waals surface area contributed by atoms with Crippen LogP contribution in [0.3, 0.4) is 0 Å². The van der Waals surface area contributed by atoms with Gasteiger partial charge in [-0.25, -0.2) is 5.06 Å². The van der Waals surface area contributed by atoms with Crippen molar-refractivity contribution in [2.45, 2.75) is 207 Å². The van der Waals surface area contributed by atoms with E-state index in [1.165, 1.54) is 129 Å². The SMILES string of the molecule is CCCCCCCCC(CCCCCCCC)OC(=O)CCCCCCCN(CCCCCCCC)CCCN(O)C(C)=O. The van der Waals surface area contributed by atoms with Crippen molar-refractivity contribution in [1.82, 2.24) is 9.96 Å². The lowest BCUT2D eigenvalue weighted by molar-refractivity contribution is -0.162. The van der Waals surface area contributed by atoms with Crippen LogP contribution in [0.1, 0.15) is 201 Å². The van der Waals surface area contributed by atoms with Gasteiger partial charge < -0.3 is 9.64 Å². The van der Waals surface area contributed by atoms with Crippen molar-refractivity contribution < 1.29 is 19.5 Å². The van der Waals surface area contributed by atoms with Crippen molar-refractivity contribution in [3.05, 3.63) is 0 Å². The Morgan fingerprint density at radius 2 is 0.909 bits per heavy atom. The highest BCUT2D eigenvalue weighted by molar-refractivity contribution is 5.71. The molecule has 0 aromatic rings. The van der Waals surface area contributed by atoms with Gasteiger partial charge in [0.1, 0.15) is 6.10 Å². The van der Waals surface area contributed by atoms with E-state index in [-0.39, 0.29) is 18.0 Å². The molecule has 0 aliphatic heterocycles. The summed E-state index contributed by atoms with van der Waals surface area (Å²) >= 11 is 0. The third-order valence-corrected chi connectivity index (χ3v) is 8.95. The van der Waals surface area contributed by atoms with Gasteiger partial charge in [-0.15, -0.1) is 0 Å². The van der Waals surface area contributed by atoms with E-state index in [1.807, 2.05) is 0 Å². The summed E-state index contributed by atoms with van der Waals surface area (Å²) in [4.78, 5) is 26.5. The molecule has 0 saturated carbocycles. The molecule has 0 saturated heterocycles. The quantitative estimate of drug-likeness (QED) is 0.0334. The molecule has 6 heteroatoms. The molecule has 1 N–H and O–H groups in total. The van der Waals surface area contributed by atoms with Crippen LogP contribution < -0.4 is 0 Å². The fraction of sp³-hybridized carbons (Fsp3) is 0.947. The minimum Gasteiger partial charge on any atom is -0.462 e. The maximum absolute atomic E-state index is 12.7. The number of unbranched alkanes of at least 4 members (excludes halogenated alkanes) is 19. The van der Waals surface area contributed by atoms with Crippen LogP contribution in [-0.4, -0.2) is 59.3 Å². The van der Waals surface area contributed by atoms with E-state index in [4.69, 9.17) is 4.74 Å². The van der Waals surface area contributed by atoms with Gasteiger partial charge in [0.15, 0.2) is 0 Å². The normalized spacial score (nSPS) is 11.5. The average molecular weight is 625 g/mol. The lowest BCUT2D eigenvalue weighted by atomic mass is 10.0. The second-order valence-electron chi connectivity index (χ2n) is 13.3. The van der Waals surface area contributed by atoms with Crippen LogP contribution in [0.4, 0.5) is 0 Å². The molecule has 0 aromatic carbocycles. The molecule has 44 heavy (non-hydrogen) atoms. The van der Waals surface area contributed by atoms with E-state index in [0.29, 0.717) is 13.0 Å². The molecule has 6 nitrogen and oxygen atoms in total. The number of ether oxygens (including phenoxy) is 1. The molecule has 0 bridgehead atoms. The highest BCUT2D eigenvalue weighted by Crippen LogP contribution is 2.18. The summed E-state index contributed by atoms with van der Waals surface area (Å²) in [7, 11) is 0. The van der Waals surface area contributed by atoms with Gasteiger partial charge in [-0.05, 0) is 71.0 Å². The van der Waals surface area contributed by atoms with E-state index >= 15 is 0 Å². The average Bonchev–Trinajstić information content (AvgIpc) is 3.01. The first-order valence-electron chi connectivity index (χ1n) is 19.3. The number of hydroxylamine groups is 2. The summed E-state index contributed by atoms with van der Waals surface area (Å²) in [5.41, 5.74) is 0. The van der Waals surface area contributed by atoms with Crippen molar-refractivity contribution in [1.29, 1.82) is 0 Å². The van der Waals surface area contributed by atoms with Crippen molar-refractivity contribution in [2.75, 3.05) is 26.2 Å². The summed E-state index contributed by atoms with van der Waals surface area (Å²) in [5.74, 6) is -0.275. The largest absolute Gasteiger partial charge is 0.462 e. The van der Waals surface area contributed by atoms with E-state index in [2.05, 4.69) is 25.7 Å². The molecule has 262 valence electrons. The lowest BCUT2D eigenvalue weighted by Gasteiger charge is -2.23. The van der Waals surface area contributed by atoms with Gasteiger partial charge in [-0.3, -0.25) is 14.8 Å². The predicted octanol–water partition coefficient (Wildman–Crippen LogP) is 11.0. The zero-order valence-corrected chi connectivity index (χ0v) is 30.1. The molecule has 0 atom stereocenters. The van der Waals surface area contributed by atoms with E-state index < -0.39 is 0 Å². The summed E-state index contributed by atoms with van der Waals surface area (Å²) in [6.07, 6.45) is 32.2. The molecule has 0 heterocycles. The molecule has 0 aliphatic carbocycles. The predicted molar refractivity (Wildman–Crippen MR) is 187 cm³/mol.